The van der Waals surface area contributed by atoms with E-state index in [1.54, 1.807) is 0 Å². The summed E-state index contributed by atoms with van der Waals surface area (Å²) in [4.78, 5) is 13.2. The van der Waals surface area contributed by atoms with Crippen LogP contribution in [-0.4, -0.2) is 52.9 Å². The minimum absolute atomic E-state index is 0.0759. The first-order valence-corrected chi connectivity index (χ1v) is 30.0. The SMILES string of the molecule is CCCCOCC1(COCCCC)CC(=C/c2ccc(-c3ccc(/C=C4\CC(COCCCC)(COCCCC)C\C4=C\c4ccc(-c5cccs5)s4)s3)s2)/C(=C/c2ccc(-c3cccs3)s2)C1. The molecule has 0 atom stereocenters. The molecule has 0 N–H and O–H groups in total. The Bertz CT molecular complexity index is 2350. The van der Waals surface area contributed by atoms with Crippen LogP contribution in [0, 0.1) is 10.8 Å². The maximum absolute atomic E-state index is 6.45. The predicted octanol–water partition coefficient (Wildman–Crippen LogP) is 18.8. The molecule has 68 heavy (non-hydrogen) atoms. The fraction of sp³-hybridized carbons (Fsp3) is 0.448. The number of hydrogen-bond donors (Lipinski definition) is 0. The average molecular weight is 1020 g/mol. The molecule has 0 unspecified atom stereocenters. The van der Waals surface area contributed by atoms with Gasteiger partial charge in [-0.1, -0.05) is 65.5 Å². The molecule has 0 aliphatic heterocycles. The zero-order chi connectivity index (χ0) is 47.0. The minimum Gasteiger partial charge on any atom is -0.381 e. The second-order valence-corrected chi connectivity index (χ2v) is 25.1. The molecule has 0 amide bonds. The van der Waals surface area contributed by atoms with Crippen molar-refractivity contribution >= 4 is 92.3 Å². The van der Waals surface area contributed by atoms with E-state index < -0.39 is 0 Å². The third kappa shape index (κ3) is 14.1. The second kappa shape index (κ2) is 25.9. The molecular weight excluding hydrogens is 953 g/mol. The van der Waals surface area contributed by atoms with Crippen LogP contribution in [0.15, 0.2) is 106 Å². The summed E-state index contributed by atoms with van der Waals surface area (Å²) in [5.41, 5.74) is 5.50. The van der Waals surface area contributed by atoms with Gasteiger partial charge in [0.25, 0.3) is 0 Å². The predicted molar refractivity (Wildman–Crippen MR) is 301 cm³/mol. The summed E-state index contributed by atoms with van der Waals surface area (Å²) in [7, 11) is 0. The summed E-state index contributed by atoms with van der Waals surface area (Å²) in [6, 6.07) is 27.2. The molecule has 0 spiro atoms. The van der Waals surface area contributed by atoms with Gasteiger partial charge in [-0.2, -0.15) is 0 Å². The van der Waals surface area contributed by atoms with Crippen LogP contribution in [0.5, 0.6) is 0 Å². The Balaban J connectivity index is 1.07. The van der Waals surface area contributed by atoms with E-state index in [-0.39, 0.29) is 10.8 Å². The Kier molecular flexibility index (Phi) is 19.6. The number of unbranched alkanes of at least 4 members (excludes halogenated alkanes) is 4. The van der Waals surface area contributed by atoms with Crippen molar-refractivity contribution in [1.29, 1.82) is 0 Å². The highest BCUT2D eigenvalue weighted by Crippen LogP contribution is 2.50. The molecule has 2 aliphatic carbocycles. The summed E-state index contributed by atoms with van der Waals surface area (Å²) in [6.07, 6.45) is 22.6. The molecule has 2 saturated carbocycles. The highest BCUT2D eigenvalue weighted by molar-refractivity contribution is 7.23. The lowest BCUT2D eigenvalue weighted by Gasteiger charge is -2.28. The Hall–Kier alpha value is -3.00. The molecular formula is C58H70O4S6. The summed E-state index contributed by atoms with van der Waals surface area (Å²) in [6.45, 7) is 15.1. The first kappa shape index (κ1) is 51.4. The average Bonchev–Trinajstić information content (AvgIpc) is 4.20. The van der Waals surface area contributed by atoms with E-state index in [2.05, 4.69) is 136 Å². The highest BCUT2D eigenvalue weighted by atomic mass is 32.1. The summed E-state index contributed by atoms with van der Waals surface area (Å²) < 4.78 is 25.8. The zero-order valence-corrected chi connectivity index (χ0v) is 45.5. The van der Waals surface area contributed by atoms with Crippen molar-refractivity contribution in [3.8, 4) is 29.3 Å². The fourth-order valence-corrected chi connectivity index (χ4v) is 14.8. The smallest absolute Gasteiger partial charge is 0.0550 e. The van der Waals surface area contributed by atoms with E-state index in [1.807, 2.05) is 68.0 Å². The summed E-state index contributed by atoms with van der Waals surface area (Å²) in [5, 5.41) is 4.33. The number of allylic oxidation sites excluding steroid dienone is 4. The largest absolute Gasteiger partial charge is 0.381 e. The third-order valence-electron chi connectivity index (χ3n) is 12.8. The maximum Gasteiger partial charge on any atom is 0.0550 e. The van der Waals surface area contributed by atoms with Crippen LogP contribution in [-0.2, 0) is 18.9 Å². The fourth-order valence-electron chi connectivity index (χ4n) is 9.18. The van der Waals surface area contributed by atoms with Crippen molar-refractivity contribution in [2.45, 2.75) is 105 Å². The van der Waals surface area contributed by atoms with Gasteiger partial charge in [0.2, 0.25) is 0 Å². The third-order valence-corrected chi connectivity index (χ3v) is 19.3. The molecule has 8 rings (SSSR count). The highest BCUT2D eigenvalue weighted by Gasteiger charge is 2.41. The summed E-state index contributed by atoms with van der Waals surface area (Å²) >= 11 is 11.2. The van der Waals surface area contributed by atoms with Crippen molar-refractivity contribution in [2.75, 3.05) is 52.9 Å². The molecule has 2 aliphatic rings. The van der Waals surface area contributed by atoms with Crippen LogP contribution in [0.3, 0.4) is 0 Å². The van der Waals surface area contributed by atoms with Crippen LogP contribution in [0.2, 0.25) is 0 Å². The van der Waals surface area contributed by atoms with Gasteiger partial charge in [-0.15, -0.1) is 68.0 Å². The molecule has 0 saturated heterocycles. The van der Waals surface area contributed by atoms with E-state index >= 15 is 0 Å². The van der Waals surface area contributed by atoms with E-state index in [9.17, 15) is 0 Å². The summed E-state index contributed by atoms with van der Waals surface area (Å²) in [5.74, 6) is 0. The zero-order valence-electron chi connectivity index (χ0n) is 40.6. The normalized spacial score (nSPS) is 18.1. The van der Waals surface area contributed by atoms with Gasteiger partial charge in [0.15, 0.2) is 0 Å². The van der Waals surface area contributed by atoms with Gasteiger partial charge < -0.3 is 18.9 Å². The van der Waals surface area contributed by atoms with E-state index in [1.165, 1.54) is 71.1 Å². The number of thiophene rings is 6. The van der Waals surface area contributed by atoms with E-state index in [0.717, 1.165) is 130 Å². The molecule has 6 heterocycles. The molecule has 0 radical (unpaired) electrons. The van der Waals surface area contributed by atoms with Gasteiger partial charge in [-0.05, 0) is 169 Å². The van der Waals surface area contributed by atoms with Crippen molar-refractivity contribution in [3.63, 3.8) is 0 Å². The molecule has 0 bridgehead atoms. The molecule has 0 aromatic carbocycles. The lowest BCUT2D eigenvalue weighted by Crippen LogP contribution is -2.30. The molecule has 2 fully saturated rings. The topological polar surface area (TPSA) is 36.9 Å². The van der Waals surface area contributed by atoms with Gasteiger partial charge in [0.1, 0.15) is 0 Å². The minimum atomic E-state index is -0.0759. The Labute approximate surface area is 431 Å². The van der Waals surface area contributed by atoms with Crippen molar-refractivity contribution in [3.05, 3.63) is 125 Å². The van der Waals surface area contributed by atoms with Gasteiger partial charge in [0.05, 0.1) is 26.4 Å². The van der Waals surface area contributed by atoms with Crippen LogP contribution >= 0.6 is 68.0 Å². The van der Waals surface area contributed by atoms with Crippen molar-refractivity contribution in [2.24, 2.45) is 10.8 Å². The quantitative estimate of drug-likeness (QED) is 0.0482. The maximum atomic E-state index is 6.45. The lowest BCUT2D eigenvalue weighted by molar-refractivity contribution is -0.0169. The first-order chi connectivity index (χ1) is 33.4. The molecule has 10 heteroatoms. The van der Waals surface area contributed by atoms with Crippen LogP contribution in [0.25, 0.3) is 53.6 Å². The monoisotopic (exact) mass is 1020 g/mol. The number of hydrogen-bond acceptors (Lipinski definition) is 10. The van der Waals surface area contributed by atoms with Gasteiger partial charge >= 0.3 is 0 Å². The first-order valence-electron chi connectivity index (χ1n) is 25.0. The van der Waals surface area contributed by atoms with Crippen LogP contribution in [0.4, 0.5) is 0 Å². The van der Waals surface area contributed by atoms with Gasteiger partial charge in [-0.25, -0.2) is 0 Å². The van der Waals surface area contributed by atoms with Gasteiger partial charge in [0, 0.05) is 86.0 Å². The molecule has 6 aromatic heterocycles. The van der Waals surface area contributed by atoms with Crippen molar-refractivity contribution < 1.29 is 18.9 Å². The van der Waals surface area contributed by atoms with Gasteiger partial charge in [-0.3, -0.25) is 0 Å². The standard InChI is InChI=1S/C58H70O4S6/c1-5-9-25-59-39-57(40-60-26-10-6-2)35-43(31-47-17-21-53(65-47)51-15-13-29-63-51)45(37-57)33-49-19-23-55(67-49)56-24-20-50(68-56)34-46-38-58(41-61-27-11-7-3,42-62-28-12-8-4)36-44(46)32-48-18-22-54(66-48)52-16-14-30-64-52/h13-24,29-34H,5-12,25-28,35-42H2,1-4H3/b43-31-,44-32+,45-33+,46-34-. The number of ether oxygens (including phenoxy) is 4. The van der Waals surface area contributed by atoms with E-state index in [4.69, 9.17) is 18.9 Å². The Morgan fingerprint density at radius 1 is 0.382 bits per heavy atom. The molecule has 4 nitrogen and oxygen atoms in total. The molecule has 6 aromatic rings. The number of rotatable bonds is 27. The van der Waals surface area contributed by atoms with Crippen LogP contribution in [0.1, 0.15) is 124 Å². The van der Waals surface area contributed by atoms with Crippen LogP contribution < -0.4 is 0 Å². The second-order valence-electron chi connectivity index (χ2n) is 18.8. The Morgan fingerprint density at radius 3 is 0.912 bits per heavy atom. The Morgan fingerprint density at radius 2 is 0.662 bits per heavy atom. The van der Waals surface area contributed by atoms with Crippen molar-refractivity contribution in [1.82, 2.24) is 0 Å². The lowest BCUT2D eigenvalue weighted by atomic mass is 9.87. The molecule has 362 valence electrons. The van der Waals surface area contributed by atoms with E-state index in [0.29, 0.717) is 0 Å².